The Bertz CT molecular complexity index is 1810. The third-order valence-corrected chi connectivity index (χ3v) is 6.66. The Morgan fingerprint density at radius 2 is 1.71 bits per heavy atom. The lowest BCUT2D eigenvalue weighted by molar-refractivity contribution is -0.118. The van der Waals surface area contributed by atoms with Crippen molar-refractivity contribution in [2.75, 3.05) is 11.9 Å². The number of nitrogens with one attached hydrogen (secondary N) is 1. The molecule has 0 aliphatic heterocycles. The fourth-order valence-electron chi connectivity index (χ4n) is 4.13. The molecule has 0 unspecified atom stereocenters. The molecule has 8 nitrogen and oxygen atoms in total. The van der Waals surface area contributed by atoms with E-state index in [9.17, 15) is 14.4 Å². The van der Waals surface area contributed by atoms with Gasteiger partial charge in [-0.2, -0.15) is 0 Å². The molecule has 5 aromatic rings. The maximum Gasteiger partial charge on any atom is 0.295 e. The molecule has 0 fully saturated rings. The summed E-state index contributed by atoms with van der Waals surface area (Å²) in [5.74, 6) is -0.758. The van der Waals surface area contributed by atoms with Gasteiger partial charge in [0.15, 0.2) is 12.4 Å². The number of fused-ring (bicyclic) bond motifs is 1. The molecule has 1 amide bonds. The first kappa shape index (κ1) is 25.4. The van der Waals surface area contributed by atoms with Crippen molar-refractivity contribution in [3.8, 4) is 22.8 Å². The van der Waals surface area contributed by atoms with Gasteiger partial charge in [0.25, 0.3) is 11.5 Å². The molecule has 2 aromatic heterocycles. The van der Waals surface area contributed by atoms with E-state index in [2.05, 4.69) is 5.32 Å². The summed E-state index contributed by atoms with van der Waals surface area (Å²) < 4.78 is 14.8. The number of para-hydroxylation sites is 1. The van der Waals surface area contributed by atoms with Crippen LogP contribution in [0.2, 0.25) is 10.0 Å². The van der Waals surface area contributed by atoms with E-state index in [4.69, 9.17) is 32.4 Å². The Hall–Kier alpha value is -4.27. The maximum absolute atomic E-state index is 13.4. The SMILES string of the molecule is Cc1c(NC(=O)COc2c(-c3ccccc3Cl)oc3ccc(Cl)cc3c2=O)c(=O)n(-c2ccccc2)n1C. The molecular formula is C28H21Cl2N3O5. The number of anilines is 1. The topological polar surface area (TPSA) is 95.5 Å². The molecule has 3 aromatic carbocycles. The first-order valence-corrected chi connectivity index (χ1v) is 12.3. The lowest BCUT2D eigenvalue weighted by Crippen LogP contribution is -2.26. The van der Waals surface area contributed by atoms with Crippen molar-refractivity contribution in [1.29, 1.82) is 0 Å². The number of nitrogens with zero attached hydrogens (tertiary/aromatic N) is 2. The summed E-state index contributed by atoms with van der Waals surface area (Å²) in [6.45, 7) is 1.15. The van der Waals surface area contributed by atoms with Crippen LogP contribution in [0.25, 0.3) is 28.0 Å². The molecule has 5 rings (SSSR count). The average molecular weight is 550 g/mol. The van der Waals surface area contributed by atoms with Gasteiger partial charge in [-0.1, -0.05) is 53.5 Å². The summed E-state index contributed by atoms with van der Waals surface area (Å²) in [5.41, 5.74) is 1.09. The Balaban J connectivity index is 1.48. The van der Waals surface area contributed by atoms with Crippen LogP contribution in [0.1, 0.15) is 5.69 Å². The van der Waals surface area contributed by atoms with Gasteiger partial charge in [0.2, 0.25) is 11.2 Å². The molecule has 0 bridgehead atoms. The third kappa shape index (κ3) is 4.60. The number of hydrogen-bond acceptors (Lipinski definition) is 5. The van der Waals surface area contributed by atoms with Gasteiger partial charge in [-0.3, -0.25) is 19.1 Å². The molecule has 38 heavy (non-hydrogen) atoms. The minimum atomic E-state index is -0.633. The predicted molar refractivity (Wildman–Crippen MR) is 148 cm³/mol. The maximum atomic E-state index is 13.4. The summed E-state index contributed by atoms with van der Waals surface area (Å²) in [4.78, 5) is 39.4. The zero-order valence-electron chi connectivity index (χ0n) is 20.3. The zero-order chi connectivity index (χ0) is 27.0. The highest BCUT2D eigenvalue weighted by atomic mass is 35.5. The molecule has 1 N–H and O–H groups in total. The summed E-state index contributed by atoms with van der Waals surface area (Å²) in [7, 11) is 1.72. The van der Waals surface area contributed by atoms with Gasteiger partial charge in [0.05, 0.1) is 21.8 Å². The van der Waals surface area contributed by atoms with E-state index in [1.54, 1.807) is 67.2 Å². The summed E-state index contributed by atoms with van der Waals surface area (Å²) >= 11 is 12.5. The number of amides is 1. The highest BCUT2D eigenvalue weighted by Gasteiger charge is 2.22. The number of aromatic nitrogens is 2. The van der Waals surface area contributed by atoms with Gasteiger partial charge in [0.1, 0.15) is 11.3 Å². The smallest absolute Gasteiger partial charge is 0.295 e. The monoisotopic (exact) mass is 549 g/mol. The van der Waals surface area contributed by atoms with Crippen LogP contribution in [0, 0.1) is 6.92 Å². The van der Waals surface area contributed by atoms with Crippen LogP contribution in [0.15, 0.2) is 86.8 Å². The number of rotatable bonds is 6. The summed E-state index contributed by atoms with van der Waals surface area (Å²) in [6, 6.07) is 20.5. The minimum Gasteiger partial charge on any atom is -0.476 e. The number of carbonyl (C=O) groups excluding carboxylic acids is 1. The van der Waals surface area contributed by atoms with Crippen molar-refractivity contribution in [3.63, 3.8) is 0 Å². The fourth-order valence-corrected chi connectivity index (χ4v) is 4.52. The van der Waals surface area contributed by atoms with Crippen LogP contribution in [0.5, 0.6) is 5.75 Å². The molecule has 0 radical (unpaired) electrons. The lowest BCUT2D eigenvalue weighted by atomic mass is 10.1. The highest BCUT2D eigenvalue weighted by molar-refractivity contribution is 6.33. The molecular weight excluding hydrogens is 529 g/mol. The second-order valence-electron chi connectivity index (χ2n) is 8.48. The molecule has 0 saturated heterocycles. The van der Waals surface area contributed by atoms with Gasteiger partial charge in [-0.15, -0.1) is 0 Å². The van der Waals surface area contributed by atoms with Gasteiger partial charge < -0.3 is 14.5 Å². The number of halogens is 2. The molecule has 2 heterocycles. The Labute approximate surface area is 226 Å². The van der Waals surface area contributed by atoms with Gasteiger partial charge in [-0.05, 0) is 49.4 Å². The Kier molecular flexibility index (Phi) is 6.84. The van der Waals surface area contributed by atoms with E-state index >= 15 is 0 Å². The normalized spacial score (nSPS) is 11.1. The van der Waals surface area contributed by atoms with Crippen molar-refractivity contribution in [3.05, 3.63) is 109 Å². The quantitative estimate of drug-likeness (QED) is 0.298. The van der Waals surface area contributed by atoms with Gasteiger partial charge >= 0.3 is 0 Å². The minimum absolute atomic E-state index is 0.0746. The standard InChI is InChI=1S/C28H21Cl2N3O5/c1-16-24(28(36)33(32(16)2)18-8-4-3-5-9-18)31-23(34)15-37-27-25(35)20-14-17(29)12-13-22(20)38-26(27)19-10-6-7-11-21(19)30/h3-14H,15H2,1-2H3,(H,31,34). The number of benzene rings is 3. The van der Waals surface area contributed by atoms with Crippen LogP contribution >= 0.6 is 23.2 Å². The zero-order valence-corrected chi connectivity index (χ0v) is 21.8. The van der Waals surface area contributed by atoms with Crippen LogP contribution in [0.4, 0.5) is 5.69 Å². The van der Waals surface area contributed by atoms with Crippen molar-refractivity contribution in [1.82, 2.24) is 9.36 Å². The molecule has 0 spiro atoms. The van der Waals surface area contributed by atoms with Gasteiger partial charge in [-0.25, -0.2) is 4.68 Å². The molecule has 192 valence electrons. The second kappa shape index (κ2) is 10.2. The highest BCUT2D eigenvalue weighted by Crippen LogP contribution is 2.35. The van der Waals surface area contributed by atoms with E-state index in [1.165, 1.54) is 10.7 Å². The van der Waals surface area contributed by atoms with E-state index in [0.717, 1.165) is 0 Å². The van der Waals surface area contributed by atoms with Gasteiger partial charge in [0, 0.05) is 17.6 Å². The Morgan fingerprint density at radius 1 is 1.00 bits per heavy atom. The van der Waals surface area contributed by atoms with Crippen molar-refractivity contribution in [2.24, 2.45) is 7.05 Å². The van der Waals surface area contributed by atoms with E-state index in [-0.39, 0.29) is 28.2 Å². The van der Waals surface area contributed by atoms with Crippen LogP contribution < -0.4 is 21.0 Å². The molecule has 0 aliphatic rings. The largest absolute Gasteiger partial charge is 0.476 e. The number of hydrogen-bond donors (Lipinski definition) is 1. The summed E-state index contributed by atoms with van der Waals surface area (Å²) in [5, 5.41) is 3.48. The first-order valence-electron chi connectivity index (χ1n) is 11.5. The average Bonchev–Trinajstić information content (AvgIpc) is 3.12. The third-order valence-electron chi connectivity index (χ3n) is 6.10. The van der Waals surface area contributed by atoms with Crippen molar-refractivity contribution < 1.29 is 13.9 Å². The van der Waals surface area contributed by atoms with E-state index < -0.39 is 23.5 Å². The van der Waals surface area contributed by atoms with Crippen LogP contribution in [-0.2, 0) is 11.8 Å². The molecule has 10 heteroatoms. The van der Waals surface area contributed by atoms with E-state index in [1.807, 2.05) is 18.2 Å². The first-order chi connectivity index (χ1) is 18.3. The predicted octanol–water partition coefficient (Wildman–Crippen LogP) is 5.58. The van der Waals surface area contributed by atoms with E-state index in [0.29, 0.717) is 27.0 Å². The lowest BCUT2D eigenvalue weighted by Gasteiger charge is -2.12. The van der Waals surface area contributed by atoms with Crippen LogP contribution in [0.3, 0.4) is 0 Å². The number of carbonyl (C=O) groups is 1. The molecule has 0 saturated carbocycles. The fraction of sp³-hybridized carbons (Fsp3) is 0.107. The van der Waals surface area contributed by atoms with Crippen molar-refractivity contribution in [2.45, 2.75) is 6.92 Å². The van der Waals surface area contributed by atoms with Crippen molar-refractivity contribution >= 4 is 45.8 Å². The van der Waals surface area contributed by atoms with Crippen LogP contribution in [-0.4, -0.2) is 21.9 Å². The molecule has 0 aliphatic carbocycles. The molecule has 0 atom stereocenters. The Morgan fingerprint density at radius 3 is 2.45 bits per heavy atom. The number of ether oxygens (including phenoxy) is 1. The second-order valence-corrected chi connectivity index (χ2v) is 9.33. The summed E-state index contributed by atoms with van der Waals surface area (Å²) in [6.07, 6.45) is 0.